The maximum absolute atomic E-state index is 12.1. The molecule has 0 saturated carbocycles. The monoisotopic (exact) mass is 224 g/mol. The van der Waals surface area contributed by atoms with Gasteiger partial charge in [0.25, 0.3) is 6.43 Å². The van der Waals surface area contributed by atoms with E-state index in [-0.39, 0.29) is 6.54 Å². The number of aryl methyl sites for hydroxylation is 1. The second-order valence-corrected chi connectivity index (χ2v) is 3.84. The fourth-order valence-electron chi connectivity index (χ4n) is 1.53. The summed E-state index contributed by atoms with van der Waals surface area (Å²) in [4.78, 5) is 1.57. The Kier molecular flexibility index (Phi) is 4.39. The molecule has 1 rings (SSSR count). The van der Waals surface area contributed by atoms with Crippen LogP contribution in [0.1, 0.15) is 16.7 Å². The van der Waals surface area contributed by atoms with E-state index in [9.17, 15) is 8.78 Å². The summed E-state index contributed by atoms with van der Waals surface area (Å²) in [6, 6.07) is 7.34. The Hall–Kier alpha value is -1.47. The number of hydrogen-bond acceptors (Lipinski definition) is 2. The lowest BCUT2D eigenvalue weighted by Crippen LogP contribution is -2.24. The van der Waals surface area contributed by atoms with Crippen molar-refractivity contribution in [1.82, 2.24) is 4.90 Å². The first kappa shape index (κ1) is 12.6. The second-order valence-electron chi connectivity index (χ2n) is 3.84. The van der Waals surface area contributed by atoms with E-state index in [0.717, 1.165) is 11.1 Å². The Morgan fingerprint density at radius 3 is 2.62 bits per heavy atom. The summed E-state index contributed by atoms with van der Waals surface area (Å²) in [5.41, 5.74) is 2.53. The van der Waals surface area contributed by atoms with Crippen molar-refractivity contribution in [2.45, 2.75) is 19.9 Å². The third-order valence-electron chi connectivity index (χ3n) is 2.36. The van der Waals surface area contributed by atoms with Crippen molar-refractivity contribution in [3.8, 4) is 6.07 Å². The van der Waals surface area contributed by atoms with E-state index in [0.29, 0.717) is 12.1 Å². The van der Waals surface area contributed by atoms with E-state index in [1.807, 2.05) is 19.1 Å². The summed E-state index contributed by atoms with van der Waals surface area (Å²) < 4.78 is 24.2. The van der Waals surface area contributed by atoms with Crippen LogP contribution in [0.5, 0.6) is 0 Å². The highest BCUT2D eigenvalue weighted by Crippen LogP contribution is 2.13. The minimum atomic E-state index is -2.32. The third-order valence-corrected chi connectivity index (χ3v) is 2.36. The van der Waals surface area contributed by atoms with Crippen LogP contribution in [0.25, 0.3) is 0 Å². The molecule has 0 radical (unpaired) electrons. The smallest absolute Gasteiger partial charge is 0.251 e. The largest absolute Gasteiger partial charge is 0.297 e. The highest BCUT2D eigenvalue weighted by atomic mass is 19.3. The molecule has 0 atom stereocenters. The first-order valence-electron chi connectivity index (χ1n) is 4.99. The minimum Gasteiger partial charge on any atom is -0.297 e. The van der Waals surface area contributed by atoms with Crippen LogP contribution in [0.15, 0.2) is 18.2 Å². The molecular formula is C12H14F2N2. The number of rotatable bonds is 4. The van der Waals surface area contributed by atoms with Gasteiger partial charge in [0.1, 0.15) is 0 Å². The lowest BCUT2D eigenvalue weighted by atomic mass is 10.1. The van der Waals surface area contributed by atoms with Crippen molar-refractivity contribution < 1.29 is 8.78 Å². The van der Waals surface area contributed by atoms with Crippen molar-refractivity contribution in [2.75, 3.05) is 13.6 Å². The molecule has 86 valence electrons. The molecule has 0 aliphatic heterocycles. The molecule has 0 aliphatic carbocycles. The zero-order valence-electron chi connectivity index (χ0n) is 9.37. The van der Waals surface area contributed by atoms with Gasteiger partial charge in [-0.15, -0.1) is 0 Å². The zero-order valence-corrected chi connectivity index (χ0v) is 9.37. The Bertz CT molecular complexity index is 396. The molecule has 0 saturated heterocycles. The number of hydrogen-bond donors (Lipinski definition) is 0. The predicted octanol–water partition coefficient (Wildman–Crippen LogP) is 2.56. The molecule has 0 fully saturated rings. The van der Waals surface area contributed by atoms with Crippen molar-refractivity contribution in [3.05, 3.63) is 34.9 Å². The number of nitrogens with zero attached hydrogens (tertiary/aromatic N) is 2. The Balaban J connectivity index is 2.71. The van der Waals surface area contributed by atoms with Crippen LogP contribution in [0.2, 0.25) is 0 Å². The van der Waals surface area contributed by atoms with Gasteiger partial charge in [0, 0.05) is 6.54 Å². The fraction of sp³-hybridized carbons (Fsp3) is 0.417. The summed E-state index contributed by atoms with van der Waals surface area (Å²) >= 11 is 0. The van der Waals surface area contributed by atoms with Gasteiger partial charge in [-0.1, -0.05) is 6.07 Å². The molecule has 0 unspecified atom stereocenters. The van der Waals surface area contributed by atoms with E-state index >= 15 is 0 Å². The average Bonchev–Trinajstić information content (AvgIpc) is 2.19. The van der Waals surface area contributed by atoms with Gasteiger partial charge < -0.3 is 0 Å². The molecule has 0 aliphatic rings. The van der Waals surface area contributed by atoms with Gasteiger partial charge in [-0.3, -0.25) is 4.90 Å². The SMILES string of the molecule is Cc1cc(C#N)ccc1CN(C)CC(F)F. The van der Waals surface area contributed by atoms with Gasteiger partial charge in [0.15, 0.2) is 0 Å². The summed E-state index contributed by atoms with van der Waals surface area (Å²) in [5, 5.41) is 8.69. The topological polar surface area (TPSA) is 27.0 Å². The molecule has 4 heteroatoms. The maximum atomic E-state index is 12.1. The third kappa shape index (κ3) is 3.59. The van der Waals surface area contributed by atoms with Crippen LogP contribution in [-0.4, -0.2) is 24.9 Å². The van der Waals surface area contributed by atoms with Gasteiger partial charge in [0.05, 0.1) is 18.2 Å². The van der Waals surface area contributed by atoms with Crippen molar-refractivity contribution in [2.24, 2.45) is 0 Å². The van der Waals surface area contributed by atoms with E-state index in [4.69, 9.17) is 5.26 Å². The first-order valence-corrected chi connectivity index (χ1v) is 4.99. The van der Waals surface area contributed by atoms with Gasteiger partial charge in [-0.05, 0) is 37.2 Å². The van der Waals surface area contributed by atoms with Crippen LogP contribution in [0.3, 0.4) is 0 Å². The standard InChI is InChI=1S/C12H14F2N2/c1-9-5-10(6-15)3-4-11(9)7-16(2)8-12(13)14/h3-5,12H,7-8H2,1-2H3. The van der Waals surface area contributed by atoms with Gasteiger partial charge >= 0.3 is 0 Å². The quantitative estimate of drug-likeness (QED) is 0.786. The van der Waals surface area contributed by atoms with Crippen LogP contribution >= 0.6 is 0 Å². The predicted molar refractivity (Wildman–Crippen MR) is 58.2 cm³/mol. The molecule has 0 spiro atoms. The maximum Gasteiger partial charge on any atom is 0.251 e. The van der Waals surface area contributed by atoms with Crippen molar-refractivity contribution in [1.29, 1.82) is 5.26 Å². The molecule has 0 amide bonds. The molecule has 0 heterocycles. The number of halogens is 2. The Labute approximate surface area is 94.1 Å². The molecule has 0 aromatic heterocycles. The van der Waals surface area contributed by atoms with E-state index in [1.54, 1.807) is 24.1 Å². The highest BCUT2D eigenvalue weighted by molar-refractivity contribution is 5.37. The van der Waals surface area contributed by atoms with E-state index in [1.165, 1.54) is 0 Å². The number of nitriles is 1. The van der Waals surface area contributed by atoms with E-state index in [2.05, 4.69) is 0 Å². The molecule has 16 heavy (non-hydrogen) atoms. The summed E-state index contributed by atoms with van der Waals surface area (Å²) in [6.07, 6.45) is -2.32. The minimum absolute atomic E-state index is 0.237. The fourth-order valence-corrected chi connectivity index (χ4v) is 1.53. The second kappa shape index (κ2) is 5.57. The van der Waals surface area contributed by atoms with Gasteiger partial charge in [0.2, 0.25) is 0 Å². The Morgan fingerprint density at radius 2 is 2.12 bits per heavy atom. The molecule has 0 bridgehead atoms. The number of alkyl halides is 2. The summed E-state index contributed by atoms with van der Waals surface area (Å²) in [6.45, 7) is 2.12. The summed E-state index contributed by atoms with van der Waals surface area (Å²) in [7, 11) is 1.66. The molecule has 2 nitrogen and oxygen atoms in total. The normalized spacial score (nSPS) is 10.8. The van der Waals surface area contributed by atoms with Crippen LogP contribution in [0.4, 0.5) is 8.78 Å². The van der Waals surface area contributed by atoms with Crippen molar-refractivity contribution >= 4 is 0 Å². The van der Waals surface area contributed by atoms with Gasteiger partial charge in [-0.25, -0.2) is 8.78 Å². The van der Waals surface area contributed by atoms with Crippen molar-refractivity contribution in [3.63, 3.8) is 0 Å². The highest BCUT2D eigenvalue weighted by Gasteiger charge is 2.09. The van der Waals surface area contributed by atoms with E-state index < -0.39 is 6.43 Å². The van der Waals surface area contributed by atoms with Gasteiger partial charge in [-0.2, -0.15) is 5.26 Å². The zero-order chi connectivity index (χ0) is 12.1. The molecule has 1 aromatic rings. The lowest BCUT2D eigenvalue weighted by Gasteiger charge is -2.17. The Morgan fingerprint density at radius 1 is 1.44 bits per heavy atom. The van der Waals surface area contributed by atoms with Crippen LogP contribution < -0.4 is 0 Å². The molecule has 1 aromatic carbocycles. The average molecular weight is 224 g/mol. The molecular weight excluding hydrogens is 210 g/mol. The lowest BCUT2D eigenvalue weighted by molar-refractivity contribution is 0.0975. The van der Waals surface area contributed by atoms with Crippen LogP contribution in [0, 0.1) is 18.3 Å². The molecule has 0 N–H and O–H groups in total. The summed E-state index contributed by atoms with van der Waals surface area (Å²) in [5.74, 6) is 0. The first-order chi connectivity index (χ1) is 7.52. The number of benzene rings is 1. The van der Waals surface area contributed by atoms with Crippen LogP contribution in [-0.2, 0) is 6.54 Å².